The van der Waals surface area contributed by atoms with Gasteiger partial charge < -0.3 is 9.94 Å². The van der Waals surface area contributed by atoms with Gasteiger partial charge in [0.05, 0.1) is 0 Å². The van der Waals surface area contributed by atoms with E-state index >= 15 is 0 Å². The van der Waals surface area contributed by atoms with E-state index in [-0.39, 0.29) is 11.5 Å². The topological polar surface area (TPSA) is 89.7 Å². The molecule has 0 aliphatic carbocycles. The van der Waals surface area contributed by atoms with E-state index in [2.05, 4.69) is 4.84 Å². The predicted molar refractivity (Wildman–Crippen MR) is 43.1 cm³/mol. The molecule has 0 unspecified atom stereocenters. The highest BCUT2D eigenvalue weighted by molar-refractivity contribution is 7.12. The Hall–Kier alpha value is -1.63. The number of nitrogens with zero attached hydrogens (tertiary/aromatic N) is 1. The number of aromatic carboxylic acids is 1. The highest BCUT2D eigenvalue weighted by Gasteiger charge is 2.12. The molecule has 0 aliphatic rings. The third kappa shape index (κ3) is 2.41. The molecule has 1 aromatic heterocycles. The smallest absolute Gasteiger partial charge is 0.346 e. The lowest BCUT2D eigenvalue weighted by Crippen LogP contribution is -2.03. The summed E-state index contributed by atoms with van der Waals surface area (Å²) in [5.74, 6) is -1.10. The summed E-state index contributed by atoms with van der Waals surface area (Å²) in [5.41, 5.74) is 0.314. The molecular formula is C6H5NO5S. The molecule has 1 heterocycles. The molecule has 0 aliphatic heterocycles. The molecule has 0 bridgehead atoms. The summed E-state index contributed by atoms with van der Waals surface area (Å²) in [4.78, 5) is 24.4. The average Bonchev–Trinajstić information content (AvgIpc) is 2.47. The number of carboxylic acid groups (broad SMARTS) is 1. The molecule has 7 heteroatoms. The number of carbonyl (C=O) groups is 1. The summed E-state index contributed by atoms with van der Waals surface area (Å²) in [6, 6.07) is 1.48. The van der Waals surface area contributed by atoms with Gasteiger partial charge >= 0.3 is 5.97 Å². The number of thiophene rings is 1. The van der Waals surface area contributed by atoms with Gasteiger partial charge in [-0.1, -0.05) is 0 Å². The van der Waals surface area contributed by atoms with Gasteiger partial charge in [-0.25, -0.2) is 4.79 Å². The van der Waals surface area contributed by atoms with Crippen LogP contribution in [0.3, 0.4) is 0 Å². The maximum atomic E-state index is 10.5. The second kappa shape index (κ2) is 3.85. The van der Waals surface area contributed by atoms with E-state index in [0.717, 1.165) is 11.3 Å². The fraction of sp³-hybridized carbons (Fsp3) is 0.167. The summed E-state index contributed by atoms with van der Waals surface area (Å²) < 4.78 is 0. The second-order valence-corrected chi connectivity index (χ2v) is 2.99. The predicted octanol–water partition coefficient (Wildman–Crippen LogP) is 1.15. The fourth-order valence-electron chi connectivity index (χ4n) is 0.759. The molecule has 0 atom stereocenters. The molecule has 0 saturated heterocycles. The largest absolute Gasteiger partial charge is 0.477 e. The Balaban J connectivity index is 2.71. The molecule has 0 radical (unpaired) electrons. The molecule has 0 saturated carbocycles. The summed E-state index contributed by atoms with van der Waals surface area (Å²) in [6.07, 6.45) is 0. The zero-order valence-corrected chi connectivity index (χ0v) is 7.11. The van der Waals surface area contributed by atoms with E-state index < -0.39 is 11.1 Å². The van der Waals surface area contributed by atoms with Crippen LogP contribution in [0.5, 0.6) is 0 Å². The number of rotatable bonds is 4. The van der Waals surface area contributed by atoms with Gasteiger partial charge in [-0.3, -0.25) is 0 Å². The molecule has 70 valence electrons. The monoisotopic (exact) mass is 203 g/mol. The Bertz CT molecular complexity index is 334. The SMILES string of the molecule is O=C(O)c1sccc1CO[N+](=O)[O-]. The summed E-state index contributed by atoms with van der Waals surface area (Å²) in [5, 5.41) is 19.0. The van der Waals surface area contributed by atoms with E-state index in [1.165, 1.54) is 6.07 Å². The van der Waals surface area contributed by atoms with E-state index in [1.807, 2.05) is 0 Å². The Kier molecular flexibility index (Phi) is 2.80. The first-order valence-electron chi connectivity index (χ1n) is 3.18. The second-order valence-electron chi connectivity index (χ2n) is 2.08. The Morgan fingerprint density at radius 3 is 3.00 bits per heavy atom. The van der Waals surface area contributed by atoms with Crippen molar-refractivity contribution in [3.05, 3.63) is 32.0 Å². The Labute approximate surface area is 76.5 Å². The van der Waals surface area contributed by atoms with Crippen LogP contribution in [-0.2, 0) is 11.4 Å². The zero-order valence-electron chi connectivity index (χ0n) is 6.30. The molecule has 1 N–H and O–H groups in total. The first kappa shape index (κ1) is 9.46. The van der Waals surface area contributed by atoms with Gasteiger partial charge in [-0.05, 0) is 11.4 Å². The third-order valence-electron chi connectivity index (χ3n) is 1.27. The molecule has 1 aromatic rings. The van der Waals surface area contributed by atoms with Crippen LogP contribution in [0.1, 0.15) is 15.2 Å². The lowest BCUT2D eigenvalue weighted by molar-refractivity contribution is -0.763. The van der Waals surface area contributed by atoms with Crippen molar-refractivity contribution in [1.82, 2.24) is 0 Å². The molecule has 0 spiro atoms. The Morgan fingerprint density at radius 2 is 2.46 bits per heavy atom. The van der Waals surface area contributed by atoms with E-state index in [1.54, 1.807) is 5.38 Å². The van der Waals surface area contributed by atoms with E-state index in [4.69, 9.17) is 5.11 Å². The highest BCUT2D eigenvalue weighted by atomic mass is 32.1. The van der Waals surface area contributed by atoms with Gasteiger partial charge in [0, 0.05) is 5.56 Å². The van der Waals surface area contributed by atoms with Crippen LogP contribution in [0.15, 0.2) is 11.4 Å². The van der Waals surface area contributed by atoms with Crippen LogP contribution in [0, 0.1) is 10.1 Å². The van der Waals surface area contributed by atoms with Crippen molar-refractivity contribution in [2.24, 2.45) is 0 Å². The van der Waals surface area contributed by atoms with Crippen LogP contribution < -0.4 is 0 Å². The third-order valence-corrected chi connectivity index (χ3v) is 2.21. The standard InChI is InChI=1S/C6H5NO5S/c8-6(9)5-4(1-2-13-5)3-12-7(10)11/h1-2H,3H2,(H,8,9). The van der Waals surface area contributed by atoms with Crippen LogP contribution in [0.4, 0.5) is 0 Å². The minimum atomic E-state index is -1.10. The van der Waals surface area contributed by atoms with Crippen molar-refractivity contribution >= 4 is 17.3 Å². The first-order chi connectivity index (χ1) is 6.11. The average molecular weight is 203 g/mol. The fourth-order valence-corrected chi connectivity index (χ4v) is 1.51. The summed E-state index contributed by atoms with van der Waals surface area (Å²) >= 11 is 1.01. The van der Waals surface area contributed by atoms with Gasteiger partial charge in [-0.2, -0.15) is 0 Å². The Morgan fingerprint density at radius 1 is 1.77 bits per heavy atom. The molecule has 0 amide bonds. The van der Waals surface area contributed by atoms with Crippen molar-refractivity contribution in [2.45, 2.75) is 6.61 Å². The van der Waals surface area contributed by atoms with Crippen molar-refractivity contribution < 1.29 is 19.8 Å². The van der Waals surface area contributed by atoms with Gasteiger partial charge in [0.2, 0.25) is 0 Å². The maximum Gasteiger partial charge on any atom is 0.346 e. The van der Waals surface area contributed by atoms with Crippen molar-refractivity contribution in [3.63, 3.8) is 0 Å². The normalized spacial score (nSPS) is 9.54. The van der Waals surface area contributed by atoms with E-state index in [0.29, 0.717) is 5.56 Å². The minimum absolute atomic E-state index is 0.0712. The van der Waals surface area contributed by atoms with Crippen LogP contribution in [0.25, 0.3) is 0 Å². The lowest BCUT2D eigenvalue weighted by atomic mass is 10.3. The first-order valence-corrected chi connectivity index (χ1v) is 4.06. The van der Waals surface area contributed by atoms with Crippen molar-refractivity contribution in [1.29, 1.82) is 0 Å². The van der Waals surface area contributed by atoms with Crippen LogP contribution >= 0.6 is 11.3 Å². The molecule has 0 fully saturated rings. The van der Waals surface area contributed by atoms with E-state index in [9.17, 15) is 14.9 Å². The maximum absolute atomic E-state index is 10.5. The van der Waals surface area contributed by atoms with Crippen LogP contribution in [-0.4, -0.2) is 16.2 Å². The molecule has 13 heavy (non-hydrogen) atoms. The number of hydrogen-bond acceptors (Lipinski definition) is 5. The molecule has 6 nitrogen and oxygen atoms in total. The highest BCUT2D eigenvalue weighted by Crippen LogP contribution is 2.17. The van der Waals surface area contributed by atoms with Gasteiger partial charge in [0.15, 0.2) is 0 Å². The zero-order chi connectivity index (χ0) is 9.84. The van der Waals surface area contributed by atoms with Crippen molar-refractivity contribution in [2.75, 3.05) is 0 Å². The molecule has 0 aromatic carbocycles. The van der Waals surface area contributed by atoms with Gasteiger partial charge in [0.25, 0.3) is 5.09 Å². The lowest BCUT2D eigenvalue weighted by Gasteiger charge is -1.97. The van der Waals surface area contributed by atoms with Gasteiger partial charge in [-0.15, -0.1) is 21.5 Å². The molecule has 1 rings (SSSR count). The minimum Gasteiger partial charge on any atom is -0.477 e. The summed E-state index contributed by atoms with van der Waals surface area (Å²) in [7, 11) is 0. The molecular weight excluding hydrogens is 198 g/mol. The number of carboxylic acids is 1. The van der Waals surface area contributed by atoms with Gasteiger partial charge in [0.1, 0.15) is 11.5 Å². The number of hydrogen-bond donors (Lipinski definition) is 1. The van der Waals surface area contributed by atoms with Crippen molar-refractivity contribution in [3.8, 4) is 0 Å². The summed E-state index contributed by atoms with van der Waals surface area (Å²) in [6.45, 7) is -0.321. The van der Waals surface area contributed by atoms with Crippen LogP contribution in [0.2, 0.25) is 0 Å². The quantitative estimate of drug-likeness (QED) is 0.585.